The summed E-state index contributed by atoms with van der Waals surface area (Å²) in [5.41, 5.74) is 1.06. The minimum absolute atomic E-state index is 0.154. The lowest BCUT2D eigenvalue weighted by Crippen LogP contribution is -2.31. The lowest BCUT2D eigenvalue weighted by molar-refractivity contribution is -0.141. The number of aryl methyl sites for hydroxylation is 2. The van der Waals surface area contributed by atoms with Gasteiger partial charge in [-0.05, 0) is 27.8 Å². The summed E-state index contributed by atoms with van der Waals surface area (Å²) in [7, 11) is 1.94. The van der Waals surface area contributed by atoms with Gasteiger partial charge in [0.1, 0.15) is 0 Å². The Labute approximate surface area is 106 Å². The molecule has 0 saturated carbocycles. The number of thiazole rings is 1. The molecule has 0 bridgehead atoms. The molecule has 0 aromatic carbocycles. The van der Waals surface area contributed by atoms with Gasteiger partial charge in [-0.3, -0.25) is 9.69 Å². The van der Waals surface area contributed by atoms with Crippen LogP contribution in [0.3, 0.4) is 0 Å². The molecule has 1 aromatic heterocycles. The highest BCUT2D eigenvalue weighted by atomic mass is 32.1. The van der Waals surface area contributed by atoms with Gasteiger partial charge in [0.2, 0.25) is 0 Å². The molecule has 0 aliphatic heterocycles. The molecule has 96 valence electrons. The first kappa shape index (κ1) is 14.1. The molecule has 1 N–H and O–H groups in total. The number of carbonyl (C=O) groups is 1. The number of carboxylic acids is 1. The van der Waals surface area contributed by atoms with Gasteiger partial charge >= 0.3 is 5.97 Å². The minimum atomic E-state index is -0.754. The monoisotopic (exact) mass is 256 g/mol. The summed E-state index contributed by atoms with van der Waals surface area (Å²) in [5, 5.41) is 9.96. The molecule has 0 radical (unpaired) electrons. The Kier molecular flexibility index (Phi) is 4.65. The van der Waals surface area contributed by atoms with Crippen molar-refractivity contribution in [3.8, 4) is 0 Å². The fourth-order valence-electron chi connectivity index (χ4n) is 1.81. The highest BCUT2D eigenvalue weighted by molar-refractivity contribution is 7.11. The molecule has 0 aliphatic rings. The number of hydrogen-bond donors (Lipinski definition) is 1. The van der Waals surface area contributed by atoms with E-state index >= 15 is 0 Å². The van der Waals surface area contributed by atoms with Crippen LogP contribution in [0.1, 0.15) is 35.5 Å². The normalized spacial score (nSPS) is 14.9. The molecule has 5 heteroatoms. The Morgan fingerprint density at radius 3 is 2.47 bits per heavy atom. The molecular formula is C12H20N2O2S. The van der Waals surface area contributed by atoms with Crippen LogP contribution in [-0.4, -0.2) is 34.6 Å². The van der Waals surface area contributed by atoms with E-state index in [4.69, 9.17) is 5.11 Å². The van der Waals surface area contributed by atoms with Crippen LogP contribution in [0.5, 0.6) is 0 Å². The number of aromatic nitrogens is 1. The minimum Gasteiger partial charge on any atom is -0.481 e. The number of hydrogen-bond acceptors (Lipinski definition) is 4. The molecule has 0 amide bonds. The van der Waals surface area contributed by atoms with Gasteiger partial charge in [-0.25, -0.2) is 4.98 Å². The van der Waals surface area contributed by atoms with Gasteiger partial charge in [0.05, 0.1) is 22.7 Å². The second-order valence-electron chi connectivity index (χ2n) is 4.53. The van der Waals surface area contributed by atoms with Crippen LogP contribution in [0.4, 0.5) is 0 Å². The second kappa shape index (κ2) is 5.60. The second-order valence-corrected chi connectivity index (χ2v) is 5.94. The third kappa shape index (κ3) is 3.51. The molecule has 0 spiro atoms. The van der Waals surface area contributed by atoms with Crippen molar-refractivity contribution in [2.45, 2.75) is 33.7 Å². The van der Waals surface area contributed by atoms with Crippen LogP contribution >= 0.6 is 11.3 Å². The Hall–Kier alpha value is -0.940. The van der Waals surface area contributed by atoms with Crippen LogP contribution in [0.15, 0.2) is 0 Å². The van der Waals surface area contributed by atoms with Crippen molar-refractivity contribution >= 4 is 17.3 Å². The average molecular weight is 256 g/mol. The van der Waals surface area contributed by atoms with Crippen LogP contribution in [0.25, 0.3) is 0 Å². The lowest BCUT2D eigenvalue weighted by Gasteiger charge is -2.25. The molecule has 17 heavy (non-hydrogen) atoms. The summed E-state index contributed by atoms with van der Waals surface area (Å²) in [5.74, 6) is -1.11. The first-order valence-electron chi connectivity index (χ1n) is 5.70. The van der Waals surface area contributed by atoms with Crippen molar-refractivity contribution in [3.63, 3.8) is 0 Å². The molecule has 4 nitrogen and oxygen atoms in total. The van der Waals surface area contributed by atoms with Crippen LogP contribution in [0.2, 0.25) is 0 Å². The molecule has 0 aliphatic carbocycles. The summed E-state index contributed by atoms with van der Waals surface area (Å²) in [6.07, 6.45) is 0. The topological polar surface area (TPSA) is 53.4 Å². The van der Waals surface area contributed by atoms with Gasteiger partial charge in [-0.1, -0.05) is 6.92 Å². The molecule has 0 saturated heterocycles. The van der Waals surface area contributed by atoms with E-state index in [0.717, 1.165) is 10.7 Å². The Bertz CT molecular complexity index is 403. The maximum Gasteiger partial charge on any atom is 0.307 e. The van der Waals surface area contributed by atoms with E-state index in [9.17, 15) is 4.79 Å². The van der Waals surface area contributed by atoms with E-state index in [1.807, 2.05) is 18.9 Å². The van der Waals surface area contributed by atoms with E-state index in [2.05, 4.69) is 18.8 Å². The highest BCUT2D eigenvalue weighted by Crippen LogP contribution is 2.26. The molecular weight excluding hydrogens is 236 g/mol. The average Bonchev–Trinajstić information content (AvgIpc) is 2.56. The fourth-order valence-corrected chi connectivity index (χ4v) is 2.72. The van der Waals surface area contributed by atoms with Crippen molar-refractivity contribution in [1.29, 1.82) is 0 Å². The fraction of sp³-hybridized carbons (Fsp3) is 0.667. The molecule has 2 atom stereocenters. The Balaban J connectivity index is 2.73. The smallest absolute Gasteiger partial charge is 0.307 e. The summed E-state index contributed by atoms with van der Waals surface area (Å²) in [6, 6.07) is 0.154. The molecule has 1 rings (SSSR count). The third-order valence-corrected chi connectivity index (χ3v) is 3.88. The molecule has 1 aromatic rings. The largest absolute Gasteiger partial charge is 0.481 e. The summed E-state index contributed by atoms with van der Waals surface area (Å²) in [4.78, 5) is 18.6. The zero-order valence-corrected chi connectivity index (χ0v) is 11.8. The van der Waals surface area contributed by atoms with Crippen LogP contribution in [-0.2, 0) is 4.79 Å². The highest BCUT2D eigenvalue weighted by Gasteiger charge is 2.21. The summed E-state index contributed by atoms with van der Waals surface area (Å²) >= 11 is 1.69. The first-order valence-corrected chi connectivity index (χ1v) is 6.51. The van der Waals surface area contributed by atoms with E-state index < -0.39 is 5.97 Å². The van der Waals surface area contributed by atoms with Gasteiger partial charge in [0.15, 0.2) is 0 Å². The van der Waals surface area contributed by atoms with Crippen molar-refractivity contribution < 1.29 is 9.90 Å². The van der Waals surface area contributed by atoms with Crippen LogP contribution < -0.4 is 0 Å². The van der Waals surface area contributed by atoms with Gasteiger partial charge in [-0.15, -0.1) is 11.3 Å². The van der Waals surface area contributed by atoms with Gasteiger partial charge < -0.3 is 5.11 Å². The van der Waals surface area contributed by atoms with Crippen molar-refractivity contribution in [2.75, 3.05) is 13.6 Å². The van der Waals surface area contributed by atoms with Crippen molar-refractivity contribution in [1.82, 2.24) is 9.88 Å². The standard InChI is InChI=1S/C12H20N2O2S/c1-7(12(15)16)6-14(5)8(2)11-9(3)17-10(4)13-11/h7-8H,6H2,1-5H3,(H,15,16). The van der Waals surface area contributed by atoms with E-state index in [1.165, 1.54) is 4.88 Å². The summed E-state index contributed by atoms with van der Waals surface area (Å²) in [6.45, 7) is 8.38. The van der Waals surface area contributed by atoms with E-state index in [0.29, 0.717) is 6.54 Å². The number of nitrogens with zero attached hydrogens (tertiary/aromatic N) is 2. The predicted molar refractivity (Wildman–Crippen MR) is 69.4 cm³/mol. The maximum atomic E-state index is 10.8. The predicted octanol–water partition coefficient (Wildman–Crippen LogP) is 2.47. The molecule has 1 heterocycles. The number of carboxylic acid groups (broad SMARTS) is 1. The van der Waals surface area contributed by atoms with Crippen molar-refractivity contribution in [3.05, 3.63) is 15.6 Å². The van der Waals surface area contributed by atoms with E-state index in [-0.39, 0.29) is 12.0 Å². The summed E-state index contributed by atoms with van der Waals surface area (Å²) < 4.78 is 0. The van der Waals surface area contributed by atoms with Crippen molar-refractivity contribution in [2.24, 2.45) is 5.92 Å². The maximum absolute atomic E-state index is 10.8. The van der Waals surface area contributed by atoms with Gasteiger partial charge in [0.25, 0.3) is 0 Å². The van der Waals surface area contributed by atoms with Crippen LogP contribution in [0, 0.1) is 19.8 Å². The van der Waals surface area contributed by atoms with Gasteiger partial charge in [0, 0.05) is 11.4 Å². The Morgan fingerprint density at radius 2 is 2.06 bits per heavy atom. The quantitative estimate of drug-likeness (QED) is 0.879. The van der Waals surface area contributed by atoms with E-state index in [1.54, 1.807) is 18.3 Å². The zero-order chi connectivity index (χ0) is 13.2. The third-order valence-electron chi connectivity index (χ3n) is 2.98. The zero-order valence-electron chi connectivity index (χ0n) is 11.0. The molecule has 2 unspecified atom stereocenters. The SMILES string of the molecule is Cc1nc(C(C)N(C)CC(C)C(=O)O)c(C)s1. The lowest BCUT2D eigenvalue weighted by atomic mass is 10.1. The number of aliphatic carboxylic acids is 1. The molecule has 0 fully saturated rings. The number of rotatable bonds is 5. The Morgan fingerprint density at radius 1 is 1.47 bits per heavy atom. The van der Waals surface area contributed by atoms with Gasteiger partial charge in [-0.2, -0.15) is 0 Å². The first-order chi connectivity index (χ1) is 7.82.